The molecule has 0 aliphatic carbocycles. The molecule has 2 aromatic rings. The number of thiophene rings is 2. The molecule has 0 bridgehead atoms. The molecular formula is C16H21NOS2. The summed E-state index contributed by atoms with van der Waals surface area (Å²) in [6.45, 7) is 5.49. The zero-order chi connectivity index (χ0) is 14.0. The van der Waals surface area contributed by atoms with Crippen molar-refractivity contribution in [3.63, 3.8) is 0 Å². The van der Waals surface area contributed by atoms with Gasteiger partial charge in [0, 0.05) is 22.2 Å². The molecule has 1 aliphatic rings. The van der Waals surface area contributed by atoms with E-state index >= 15 is 0 Å². The van der Waals surface area contributed by atoms with E-state index in [0.29, 0.717) is 0 Å². The Kier molecular flexibility index (Phi) is 4.26. The number of nitrogens with zero attached hydrogens (tertiary/aromatic N) is 1. The number of aliphatic hydroxyl groups is 1. The van der Waals surface area contributed by atoms with E-state index in [0.717, 1.165) is 16.3 Å². The molecule has 2 nitrogen and oxygen atoms in total. The smallest absolute Gasteiger partial charge is 0.137 e. The van der Waals surface area contributed by atoms with E-state index in [9.17, 15) is 5.11 Å². The quantitative estimate of drug-likeness (QED) is 0.909. The van der Waals surface area contributed by atoms with Crippen LogP contribution in [0.3, 0.4) is 0 Å². The Balaban J connectivity index is 1.89. The highest BCUT2D eigenvalue weighted by Gasteiger charge is 2.40. The SMILES string of the molecule is CC(CN1CCCC1)C(O)(c1cccs1)c1cccs1. The minimum absolute atomic E-state index is 0.192. The van der Waals surface area contributed by atoms with E-state index in [-0.39, 0.29) is 5.92 Å². The molecule has 108 valence electrons. The molecule has 0 spiro atoms. The van der Waals surface area contributed by atoms with Gasteiger partial charge in [0.25, 0.3) is 0 Å². The molecule has 1 unspecified atom stereocenters. The Morgan fingerprint density at radius 1 is 1.15 bits per heavy atom. The Morgan fingerprint density at radius 2 is 1.70 bits per heavy atom. The van der Waals surface area contributed by atoms with Crippen molar-refractivity contribution in [2.45, 2.75) is 25.4 Å². The van der Waals surface area contributed by atoms with Crippen LogP contribution in [0.4, 0.5) is 0 Å². The Hall–Kier alpha value is -0.680. The summed E-state index contributed by atoms with van der Waals surface area (Å²) in [5.41, 5.74) is -0.842. The number of hydrogen-bond acceptors (Lipinski definition) is 4. The van der Waals surface area contributed by atoms with Crippen molar-refractivity contribution in [1.82, 2.24) is 4.90 Å². The van der Waals surface area contributed by atoms with Crippen LogP contribution in [-0.2, 0) is 5.60 Å². The van der Waals surface area contributed by atoms with Crippen LogP contribution in [0.25, 0.3) is 0 Å². The lowest BCUT2D eigenvalue weighted by Gasteiger charge is -2.35. The van der Waals surface area contributed by atoms with Gasteiger partial charge < -0.3 is 10.0 Å². The zero-order valence-corrected chi connectivity index (χ0v) is 13.4. The van der Waals surface area contributed by atoms with Gasteiger partial charge in [-0.15, -0.1) is 22.7 Å². The van der Waals surface area contributed by atoms with E-state index < -0.39 is 5.60 Å². The van der Waals surface area contributed by atoms with Crippen molar-refractivity contribution in [3.05, 3.63) is 44.8 Å². The molecule has 4 heteroatoms. The van der Waals surface area contributed by atoms with Gasteiger partial charge in [-0.3, -0.25) is 0 Å². The second-order valence-electron chi connectivity index (χ2n) is 5.63. The van der Waals surface area contributed by atoms with E-state index in [1.807, 2.05) is 12.1 Å². The summed E-state index contributed by atoms with van der Waals surface area (Å²) in [5, 5.41) is 15.6. The summed E-state index contributed by atoms with van der Waals surface area (Å²) in [6.07, 6.45) is 2.59. The number of hydrogen-bond donors (Lipinski definition) is 1. The van der Waals surface area contributed by atoms with Crippen molar-refractivity contribution >= 4 is 22.7 Å². The molecule has 1 N–H and O–H groups in total. The fourth-order valence-corrected chi connectivity index (χ4v) is 5.05. The van der Waals surface area contributed by atoms with Gasteiger partial charge in [0.05, 0.1) is 0 Å². The molecule has 0 aromatic carbocycles. The minimum atomic E-state index is -0.842. The Bertz CT molecular complexity index is 480. The Morgan fingerprint density at radius 3 is 2.15 bits per heavy atom. The molecule has 3 rings (SSSR count). The van der Waals surface area contributed by atoms with E-state index in [2.05, 4.69) is 34.7 Å². The molecule has 0 saturated carbocycles. The highest BCUT2D eigenvalue weighted by molar-refractivity contribution is 7.11. The van der Waals surface area contributed by atoms with Gasteiger partial charge in [0.1, 0.15) is 5.60 Å². The summed E-state index contributed by atoms with van der Waals surface area (Å²) in [4.78, 5) is 4.61. The van der Waals surface area contributed by atoms with Crippen LogP contribution in [0.1, 0.15) is 29.5 Å². The summed E-state index contributed by atoms with van der Waals surface area (Å²) < 4.78 is 0. The lowest BCUT2D eigenvalue weighted by Crippen LogP contribution is -2.40. The lowest BCUT2D eigenvalue weighted by molar-refractivity contribution is 0.0169. The van der Waals surface area contributed by atoms with Gasteiger partial charge in [-0.1, -0.05) is 19.1 Å². The maximum Gasteiger partial charge on any atom is 0.137 e. The van der Waals surface area contributed by atoms with Gasteiger partial charge in [0.2, 0.25) is 0 Å². The molecule has 0 radical (unpaired) electrons. The van der Waals surface area contributed by atoms with Crippen LogP contribution in [0, 0.1) is 5.92 Å². The predicted molar refractivity (Wildman–Crippen MR) is 86.5 cm³/mol. The first-order chi connectivity index (χ1) is 9.71. The first-order valence-electron chi connectivity index (χ1n) is 7.24. The van der Waals surface area contributed by atoms with Crippen LogP contribution in [0.5, 0.6) is 0 Å². The van der Waals surface area contributed by atoms with Crippen LogP contribution in [0.15, 0.2) is 35.0 Å². The molecule has 3 heterocycles. The third-order valence-electron chi connectivity index (χ3n) is 4.24. The van der Waals surface area contributed by atoms with Gasteiger partial charge in [0.15, 0.2) is 0 Å². The normalized spacial score (nSPS) is 18.5. The van der Waals surface area contributed by atoms with Crippen molar-refractivity contribution in [1.29, 1.82) is 0 Å². The molecular weight excluding hydrogens is 286 g/mol. The molecule has 1 atom stereocenters. The van der Waals surface area contributed by atoms with Gasteiger partial charge in [-0.25, -0.2) is 0 Å². The summed E-state index contributed by atoms with van der Waals surface area (Å²) in [7, 11) is 0. The highest BCUT2D eigenvalue weighted by Crippen LogP contribution is 2.41. The van der Waals surface area contributed by atoms with Crippen LogP contribution < -0.4 is 0 Å². The summed E-state index contributed by atoms with van der Waals surface area (Å²) in [5.74, 6) is 0.192. The average molecular weight is 307 g/mol. The first-order valence-corrected chi connectivity index (χ1v) is 9.00. The van der Waals surface area contributed by atoms with Crippen molar-refractivity contribution in [2.75, 3.05) is 19.6 Å². The molecule has 1 fully saturated rings. The number of likely N-dealkylation sites (tertiary alicyclic amines) is 1. The first kappa shape index (κ1) is 14.3. The van der Waals surface area contributed by atoms with E-state index in [4.69, 9.17) is 0 Å². The summed E-state index contributed by atoms with van der Waals surface area (Å²) in [6, 6.07) is 8.18. The highest BCUT2D eigenvalue weighted by atomic mass is 32.1. The topological polar surface area (TPSA) is 23.5 Å². The van der Waals surface area contributed by atoms with Crippen molar-refractivity contribution in [3.8, 4) is 0 Å². The zero-order valence-electron chi connectivity index (χ0n) is 11.8. The van der Waals surface area contributed by atoms with Crippen LogP contribution in [0.2, 0.25) is 0 Å². The third kappa shape index (κ3) is 2.58. The second-order valence-corrected chi connectivity index (χ2v) is 7.53. The average Bonchev–Trinajstić information content (AvgIpc) is 3.19. The molecule has 0 amide bonds. The standard InChI is InChI=1S/C16H21NOS2/c1-13(12-17-8-2-3-9-17)16(18,14-6-4-10-19-14)15-7-5-11-20-15/h4-7,10-11,13,18H,2-3,8-9,12H2,1H3. The minimum Gasteiger partial charge on any atom is -0.378 e. The Labute approximate surface area is 128 Å². The predicted octanol–water partition coefficient (Wildman–Crippen LogP) is 3.78. The van der Waals surface area contributed by atoms with Gasteiger partial charge >= 0.3 is 0 Å². The maximum absolute atomic E-state index is 11.5. The van der Waals surface area contributed by atoms with Crippen molar-refractivity contribution < 1.29 is 5.11 Å². The maximum atomic E-state index is 11.5. The van der Waals surface area contributed by atoms with Crippen LogP contribution >= 0.6 is 22.7 Å². The molecule has 20 heavy (non-hydrogen) atoms. The third-order valence-corrected chi connectivity index (χ3v) is 6.23. The number of rotatable bonds is 5. The summed E-state index contributed by atoms with van der Waals surface area (Å²) >= 11 is 3.30. The van der Waals surface area contributed by atoms with E-state index in [1.165, 1.54) is 25.9 Å². The largest absolute Gasteiger partial charge is 0.378 e. The lowest BCUT2D eigenvalue weighted by atomic mass is 9.85. The molecule has 2 aromatic heterocycles. The second kappa shape index (κ2) is 5.98. The fraction of sp³-hybridized carbons (Fsp3) is 0.500. The van der Waals surface area contributed by atoms with Crippen molar-refractivity contribution in [2.24, 2.45) is 5.92 Å². The fourth-order valence-electron chi connectivity index (χ4n) is 3.08. The van der Waals surface area contributed by atoms with Gasteiger partial charge in [-0.2, -0.15) is 0 Å². The van der Waals surface area contributed by atoms with Gasteiger partial charge in [-0.05, 0) is 48.8 Å². The van der Waals surface area contributed by atoms with Crippen LogP contribution in [-0.4, -0.2) is 29.6 Å². The molecule has 1 saturated heterocycles. The van der Waals surface area contributed by atoms with E-state index in [1.54, 1.807) is 22.7 Å². The monoisotopic (exact) mass is 307 g/mol. The molecule has 1 aliphatic heterocycles.